The molecule has 1 aromatic rings. The molecular formula is C16H24N2O4S. The van der Waals surface area contributed by atoms with Crippen LogP contribution in [0.2, 0.25) is 0 Å². The second-order valence-corrected chi connectivity index (χ2v) is 8.66. The molecule has 0 bridgehead atoms. The highest BCUT2D eigenvalue weighted by Gasteiger charge is 2.33. The van der Waals surface area contributed by atoms with E-state index in [4.69, 9.17) is 9.47 Å². The monoisotopic (exact) mass is 340 g/mol. The molecule has 0 saturated carbocycles. The summed E-state index contributed by atoms with van der Waals surface area (Å²) in [4.78, 5) is 0.246. The minimum absolute atomic E-state index is 0.0741. The van der Waals surface area contributed by atoms with E-state index in [1.807, 2.05) is 0 Å². The molecule has 0 spiro atoms. The average Bonchev–Trinajstić information content (AvgIpc) is 2.92. The van der Waals surface area contributed by atoms with Crippen molar-refractivity contribution in [1.82, 2.24) is 10.0 Å². The van der Waals surface area contributed by atoms with Crippen LogP contribution in [0.1, 0.15) is 32.3 Å². The normalized spacial score (nSPS) is 23.0. The van der Waals surface area contributed by atoms with Crippen LogP contribution in [-0.2, 0) is 10.0 Å². The van der Waals surface area contributed by atoms with Crippen LogP contribution in [0.4, 0.5) is 0 Å². The van der Waals surface area contributed by atoms with E-state index in [9.17, 15) is 8.42 Å². The van der Waals surface area contributed by atoms with Crippen molar-refractivity contribution in [2.45, 2.75) is 44.6 Å². The zero-order valence-corrected chi connectivity index (χ0v) is 14.6. The maximum atomic E-state index is 12.7. The lowest BCUT2D eigenvalue weighted by atomic mass is 9.78. The van der Waals surface area contributed by atoms with Gasteiger partial charge in [-0.05, 0) is 43.4 Å². The van der Waals surface area contributed by atoms with E-state index in [1.165, 1.54) is 0 Å². The smallest absolute Gasteiger partial charge is 0.241 e. The van der Waals surface area contributed by atoms with Gasteiger partial charge >= 0.3 is 0 Å². The molecule has 0 aliphatic carbocycles. The summed E-state index contributed by atoms with van der Waals surface area (Å²) in [6, 6.07) is 3.37. The minimum atomic E-state index is -3.59. The van der Waals surface area contributed by atoms with Gasteiger partial charge in [-0.3, -0.25) is 0 Å². The van der Waals surface area contributed by atoms with Gasteiger partial charge in [-0.15, -0.1) is 0 Å². The Morgan fingerprint density at radius 3 is 2.70 bits per heavy atom. The van der Waals surface area contributed by atoms with Crippen molar-refractivity contribution in [2.75, 3.05) is 19.9 Å². The quantitative estimate of drug-likeness (QED) is 0.874. The third-order valence-corrected chi connectivity index (χ3v) is 6.33. The van der Waals surface area contributed by atoms with Crippen LogP contribution >= 0.6 is 0 Å². The molecule has 7 heteroatoms. The lowest BCUT2D eigenvalue weighted by Crippen LogP contribution is -2.52. The molecule has 3 rings (SSSR count). The molecule has 2 heterocycles. The third-order valence-electron chi connectivity index (χ3n) is 4.77. The number of hydrogen-bond donors (Lipinski definition) is 2. The molecule has 2 aliphatic rings. The standard InChI is InChI=1S/C16H24N2O4S/c1-11-7-12-13(22-10-21-12)8-14(11)23(19,20)18-9-15-16(2,3)5-4-6-17-15/h7-8,15,17-18H,4-6,9-10H2,1-3H3. The maximum absolute atomic E-state index is 12.7. The minimum Gasteiger partial charge on any atom is -0.454 e. The van der Waals surface area contributed by atoms with Gasteiger partial charge in [0.1, 0.15) is 0 Å². The highest BCUT2D eigenvalue weighted by atomic mass is 32.2. The van der Waals surface area contributed by atoms with E-state index >= 15 is 0 Å². The predicted octanol–water partition coefficient (Wildman–Crippen LogP) is 1.78. The van der Waals surface area contributed by atoms with Gasteiger partial charge in [-0.25, -0.2) is 13.1 Å². The number of aryl methyl sites for hydroxylation is 1. The maximum Gasteiger partial charge on any atom is 0.241 e. The van der Waals surface area contributed by atoms with Crippen molar-refractivity contribution in [3.8, 4) is 11.5 Å². The third kappa shape index (κ3) is 3.32. The molecule has 1 aromatic carbocycles. The Morgan fingerprint density at radius 2 is 2.00 bits per heavy atom. The van der Waals surface area contributed by atoms with E-state index in [0.717, 1.165) is 19.4 Å². The number of hydrogen-bond acceptors (Lipinski definition) is 5. The lowest BCUT2D eigenvalue weighted by molar-refractivity contribution is 0.174. The Hall–Kier alpha value is -1.31. The Morgan fingerprint density at radius 1 is 1.30 bits per heavy atom. The molecule has 1 unspecified atom stereocenters. The summed E-state index contributed by atoms with van der Waals surface area (Å²) in [7, 11) is -3.59. The van der Waals surface area contributed by atoms with E-state index in [-0.39, 0.29) is 23.1 Å². The molecule has 0 radical (unpaired) electrons. The molecule has 1 atom stereocenters. The number of rotatable bonds is 4. The molecule has 2 N–H and O–H groups in total. The van der Waals surface area contributed by atoms with Gasteiger partial charge in [0.15, 0.2) is 11.5 Å². The number of fused-ring (bicyclic) bond motifs is 1. The highest BCUT2D eigenvalue weighted by Crippen LogP contribution is 2.36. The van der Waals surface area contributed by atoms with Crippen molar-refractivity contribution in [3.63, 3.8) is 0 Å². The van der Waals surface area contributed by atoms with Gasteiger partial charge in [0.2, 0.25) is 16.8 Å². The molecule has 6 nitrogen and oxygen atoms in total. The molecule has 2 aliphatic heterocycles. The summed E-state index contributed by atoms with van der Waals surface area (Å²) >= 11 is 0. The van der Waals surface area contributed by atoms with E-state index in [1.54, 1.807) is 19.1 Å². The van der Waals surface area contributed by atoms with Crippen molar-refractivity contribution in [2.24, 2.45) is 5.41 Å². The van der Waals surface area contributed by atoms with Crippen LogP contribution in [0.15, 0.2) is 17.0 Å². The number of sulfonamides is 1. The van der Waals surface area contributed by atoms with Gasteiger partial charge in [0.25, 0.3) is 0 Å². The first-order chi connectivity index (χ1) is 10.8. The zero-order valence-electron chi connectivity index (χ0n) is 13.8. The van der Waals surface area contributed by atoms with Crippen molar-refractivity contribution in [3.05, 3.63) is 17.7 Å². The van der Waals surface area contributed by atoms with Gasteiger partial charge in [0, 0.05) is 18.7 Å². The van der Waals surface area contributed by atoms with Crippen LogP contribution in [0.25, 0.3) is 0 Å². The van der Waals surface area contributed by atoms with Crippen LogP contribution in [0.3, 0.4) is 0 Å². The van der Waals surface area contributed by atoms with Gasteiger partial charge < -0.3 is 14.8 Å². The zero-order chi connectivity index (χ0) is 16.7. The van der Waals surface area contributed by atoms with Crippen LogP contribution < -0.4 is 19.5 Å². The van der Waals surface area contributed by atoms with E-state index in [0.29, 0.717) is 23.6 Å². The fraction of sp³-hybridized carbons (Fsp3) is 0.625. The lowest BCUT2D eigenvalue weighted by Gasteiger charge is -2.39. The Labute approximate surface area is 137 Å². The summed E-state index contributed by atoms with van der Waals surface area (Å²) in [6.45, 7) is 7.54. The topological polar surface area (TPSA) is 76.7 Å². The van der Waals surface area contributed by atoms with E-state index in [2.05, 4.69) is 23.9 Å². The summed E-state index contributed by atoms with van der Waals surface area (Å²) in [5.41, 5.74) is 0.725. The van der Waals surface area contributed by atoms with Crippen LogP contribution in [-0.4, -0.2) is 34.3 Å². The summed E-state index contributed by atoms with van der Waals surface area (Å²) in [5, 5.41) is 3.42. The van der Waals surface area contributed by atoms with Crippen LogP contribution in [0, 0.1) is 12.3 Å². The first kappa shape index (κ1) is 16.5. The molecule has 1 saturated heterocycles. The summed E-state index contributed by atoms with van der Waals surface area (Å²) in [6.07, 6.45) is 2.22. The SMILES string of the molecule is Cc1cc2c(cc1S(=O)(=O)NCC1NCCCC1(C)C)OCO2. The summed E-state index contributed by atoms with van der Waals surface area (Å²) < 4.78 is 38.7. The fourth-order valence-corrected chi connectivity index (χ4v) is 4.49. The molecule has 23 heavy (non-hydrogen) atoms. The van der Waals surface area contributed by atoms with Crippen molar-refractivity contribution in [1.29, 1.82) is 0 Å². The molecule has 1 fully saturated rings. The number of ether oxygens (including phenoxy) is 2. The average molecular weight is 340 g/mol. The van der Waals surface area contributed by atoms with Gasteiger partial charge in [-0.2, -0.15) is 0 Å². The second kappa shape index (κ2) is 5.96. The fourth-order valence-electron chi connectivity index (χ4n) is 3.20. The van der Waals surface area contributed by atoms with Crippen LogP contribution in [0.5, 0.6) is 11.5 Å². The molecule has 0 aromatic heterocycles. The van der Waals surface area contributed by atoms with E-state index < -0.39 is 10.0 Å². The highest BCUT2D eigenvalue weighted by molar-refractivity contribution is 7.89. The van der Waals surface area contributed by atoms with Crippen molar-refractivity contribution >= 4 is 10.0 Å². The number of piperidine rings is 1. The Balaban J connectivity index is 1.77. The second-order valence-electron chi connectivity index (χ2n) is 6.92. The predicted molar refractivity (Wildman–Crippen MR) is 87.3 cm³/mol. The molecule has 128 valence electrons. The Kier molecular flexibility index (Phi) is 4.29. The number of nitrogens with one attached hydrogen (secondary N) is 2. The van der Waals surface area contributed by atoms with Gasteiger partial charge in [0.05, 0.1) is 4.90 Å². The largest absolute Gasteiger partial charge is 0.454 e. The summed E-state index contributed by atoms with van der Waals surface area (Å²) in [5.74, 6) is 1.07. The van der Waals surface area contributed by atoms with Crippen molar-refractivity contribution < 1.29 is 17.9 Å². The first-order valence-corrected chi connectivity index (χ1v) is 9.41. The molecule has 0 amide bonds. The first-order valence-electron chi connectivity index (χ1n) is 7.93. The van der Waals surface area contributed by atoms with Gasteiger partial charge in [-0.1, -0.05) is 13.8 Å². The Bertz CT molecular complexity index is 700. The molecular weight excluding hydrogens is 316 g/mol. The number of benzene rings is 1.